The number of piperidine rings is 1. The van der Waals surface area contributed by atoms with E-state index in [1.54, 1.807) is 24.5 Å². The maximum atomic E-state index is 12.6. The van der Waals surface area contributed by atoms with Gasteiger partial charge in [-0.3, -0.25) is 14.8 Å². The second kappa shape index (κ2) is 15.7. The first-order chi connectivity index (χ1) is 21.6. The molecule has 1 amide bonds. The Morgan fingerprint density at radius 3 is 2.04 bits per heavy atom. The Morgan fingerprint density at radius 2 is 1.50 bits per heavy atom. The molecule has 4 aromatic rings. The van der Waals surface area contributed by atoms with Crippen LogP contribution < -0.4 is 10.1 Å². The third kappa shape index (κ3) is 11.4. The van der Waals surface area contributed by atoms with Gasteiger partial charge in [-0.15, -0.1) is 0 Å². The van der Waals surface area contributed by atoms with Crippen molar-refractivity contribution in [2.24, 2.45) is 0 Å². The van der Waals surface area contributed by atoms with Crippen molar-refractivity contribution in [2.75, 3.05) is 18.4 Å². The van der Waals surface area contributed by atoms with E-state index in [4.69, 9.17) is 24.5 Å². The molecule has 3 heterocycles. The highest BCUT2D eigenvalue weighted by Crippen LogP contribution is 2.21. The summed E-state index contributed by atoms with van der Waals surface area (Å²) in [5.74, 6) is -5.16. The minimum absolute atomic E-state index is 0.149. The number of nitrogens with one attached hydrogen (secondary N) is 2. The Bertz CT molecular complexity index is 1560. The lowest BCUT2D eigenvalue weighted by Gasteiger charge is -2.31. The van der Waals surface area contributed by atoms with Gasteiger partial charge in [0.2, 0.25) is 5.88 Å². The molecule has 0 saturated carbocycles. The van der Waals surface area contributed by atoms with Gasteiger partial charge in [0.05, 0.1) is 17.3 Å². The normalized spacial score (nSPS) is 13.9. The number of carboxylic acids is 2. The molecule has 246 valence electrons. The van der Waals surface area contributed by atoms with Crippen LogP contribution in [0.2, 0.25) is 0 Å². The zero-order chi connectivity index (χ0) is 33.9. The molecule has 0 spiro atoms. The molecule has 1 fully saturated rings. The Kier molecular flexibility index (Phi) is 12.0. The van der Waals surface area contributed by atoms with Crippen molar-refractivity contribution in [3.63, 3.8) is 0 Å². The number of anilines is 1. The fraction of sp³-hybridized carbons (Fsp3) is 0.276. The van der Waals surface area contributed by atoms with Crippen LogP contribution >= 0.6 is 0 Å². The number of nitrogens with zero attached hydrogens (tertiary/aromatic N) is 3. The van der Waals surface area contributed by atoms with E-state index in [0.29, 0.717) is 17.1 Å². The van der Waals surface area contributed by atoms with Crippen LogP contribution in [0.1, 0.15) is 28.8 Å². The van der Waals surface area contributed by atoms with Crippen LogP contribution in [0, 0.1) is 0 Å². The lowest BCUT2D eigenvalue weighted by molar-refractivity contribution is -0.193. The molecule has 4 N–H and O–H groups in total. The van der Waals surface area contributed by atoms with E-state index in [-0.39, 0.29) is 12.0 Å². The van der Waals surface area contributed by atoms with Gasteiger partial charge in [0.1, 0.15) is 6.10 Å². The number of carboxylic acid groups (broad SMARTS) is 2. The fourth-order valence-corrected chi connectivity index (χ4v) is 4.01. The van der Waals surface area contributed by atoms with Crippen LogP contribution in [-0.4, -0.2) is 79.7 Å². The minimum Gasteiger partial charge on any atom is -0.475 e. The summed E-state index contributed by atoms with van der Waals surface area (Å²) in [6.07, 6.45) is -4.80. The number of aromatic nitrogens is 3. The zero-order valence-electron chi connectivity index (χ0n) is 23.7. The molecule has 0 atom stereocenters. The first-order valence-corrected chi connectivity index (χ1v) is 13.4. The van der Waals surface area contributed by atoms with Crippen molar-refractivity contribution in [3.8, 4) is 5.88 Å². The van der Waals surface area contributed by atoms with Gasteiger partial charge >= 0.3 is 24.3 Å². The molecule has 46 heavy (non-hydrogen) atoms. The Hall–Kier alpha value is -5.19. The van der Waals surface area contributed by atoms with E-state index < -0.39 is 24.3 Å². The van der Waals surface area contributed by atoms with E-state index in [0.717, 1.165) is 43.4 Å². The molecule has 1 aliphatic heterocycles. The summed E-state index contributed by atoms with van der Waals surface area (Å²) < 4.78 is 69.5. The molecule has 17 heteroatoms. The predicted molar refractivity (Wildman–Crippen MR) is 151 cm³/mol. The SMILES string of the molecule is O=C(Nc1ccc2[nH]ncc2c1)c1ccc(OC2CCN(Cc3ccccc3)CC2)nc1.O=C(O)C(F)(F)F.O=C(O)C(F)(F)F. The molecule has 1 saturated heterocycles. The van der Waals surface area contributed by atoms with Gasteiger partial charge in [-0.2, -0.15) is 31.4 Å². The number of amides is 1. The van der Waals surface area contributed by atoms with Gasteiger partial charge in [0.15, 0.2) is 0 Å². The van der Waals surface area contributed by atoms with Gasteiger partial charge in [-0.1, -0.05) is 30.3 Å². The van der Waals surface area contributed by atoms with E-state index in [1.165, 1.54) is 5.56 Å². The van der Waals surface area contributed by atoms with Crippen LogP contribution in [0.15, 0.2) is 73.1 Å². The Balaban J connectivity index is 0.000000345. The Morgan fingerprint density at radius 1 is 0.891 bits per heavy atom. The smallest absolute Gasteiger partial charge is 0.475 e. The monoisotopic (exact) mass is 655 g/mol. The maximum Gasteiger partial charge on any atom is 0.490 e. The summed E-state index contributed by atoms with van der Waals surface area (Å²) in [6.45, 7) is 2.98. The van der Waals surface area contributed by atoms with E-state index in [9.17, 15) is 31.1 Å². The number of carbonyl (C=O) groups excluding carboxylic acids is 1. The van der Waals surface area contributed by atoms with Gasteiger partial charge in [0.25, 0.3) is 5.91 Å². The topological polar surface area (TPSA) is 158 Å². The largest absolute Gasteiger partial charge is 0.490 e. The lowest BCUT2D eigenvalue weighted by atomic mass is 10.1. The van der Waals surface area contributed by atoms with Crippen molar-refractivity contribution < 1.29 is 55.7 Å². The number of aliphatic carboxylic acids is 2. The number of hydrogen-bond acceptors (Lipinski definition) is 7. The van der Waals surface area contributed by atoms with Crippen LogP contribution in [0.25, 0.3) is 10.9 Å². The number of carbonyl (C=O) groups is 3. The average molecular weight is 656 g/mol. The molecule has 0 aliphatic carbocycles. The number of ether oxygens (including phenoxy) is 1. The number of fused-ring (bicyclic) bond motifs is 1. The number of halogens is 6. The number of benzene rings is 2. The number of pyridine rings is 1. The molecule has 5 rings (SSSR count). The second-order valence-electron chi connectivity index (χ2n) is 9.70. The molecule has 0 unspecified atom stereocenters. The number of H-pyrrole nitrogens is 1. The molecular weight excluding hydrogens is 628 g/mol. The quantitative estimate of drug-likeness (QED) is 0.196. The van der Waals surface area contributed by atoms with Gasteiger partial charge in [-0.05, 0) is 42.7 Å². The first kappa shape index (κ1) is 35.3. The molecule has 0 bridgehead atoms. The number of rotatable bonds is 6. The highest BCUT2D eigenvalue weighted by molar-refractivity contribution is 6.04. The molecule has 2 aromatic carbocycles. The predicted octanol–water partition coefficient (Wildman–Crippen LogP) is 5.52. The van der Waals surface area contributed by atoms with E-state index in [2.05, 4.69) is 49.7 Å². The number of alkyl halides is 6. The number of likely N-dealkylation sites (tertiary alicyclic amines) is 1. The molecule has 2 aromatic heterocycles. The van der Waals surface area contributed by atoms with E-state index >= 15 is 0 Å². The summed E-state index contributed by atoms with van der Waals surface area (Å²) in [5, 5.41) is 25.0. The lowest BCUT2D eigenvalue weighted by Crippen LogP contribution is -2.37. The third-order valence-corrected chi connectivity index (χ3v) is 6.25. The third-order valence-electron chi connectivity index (χ3n) is 6.25. The van der Waals surface area contributed by atoms with Gasteiger partial charge in [-0.25, -0.2) is 14.6 Å². The van der Waals surface area contributed by atoms with Gasteiger partial charge < -0.3 is 20.3 Å². The van der Waals surface area contributed by atoms with Crippen molar-refractivity contribution in [1.29, 1.82) is 0 Å². The van der Waals surface area contributed by atoms with Crippen molar-refractivity contribution >= 4 is 34.4 Å². The first-order valence-electron chi connectivity index (χ1n) is 13.4. The summed E-state index contributed by atoms with van der Waals surface area (Å²) in [7, 11) is 0. The second-order valence-corrected chi connectivity index (χ2v) is 9.70. The van der Waals surface area contributed by atoms with Crippen LogP contribution in [0.3, 0.4) is 0 Å². The molecule has 1 aliphatic rings. The maximum absolute atomic E-state index is 12.6. The van der Waals surface area contributed by atoms with Gasteiger partial charge in [0, 0.05) is 43.0 Å². The molecule has 0 radical (unpaired) electrons. The van der Waals surface area contributed by atoms with Crippen molar-refractivity contribution in [3.05, 3.63) is 84.2 Å². The molecule has 11 nitrogen and oxygen atoms in total. The summed E-state index contributed by atoms with van der Waals surface area (Å²) in [5.41, 5.74) is 3.47. The van der Waals surface area contributed by atoms with Crippen LogP contribution in [0.4, 0.5) is 32.0 Å². The summed E-state index contributed by atoms with van der Waals surface area (Å²) in [4.78, 5) is 37.2. The number of aromatic amines is 1. The van der Waals surface area contributed by atoms with E-state index in [1.807, 2.05) is 24.3 Å². The summed E-state index contributed by atoms with van der Waals surface area (Å²) >= 11 is 0. The number of hydrogen-bond donors (Lipinski definition) is 4. The summed E-state index contributed by atoms with van der Waals surface area (Å²) in [6, 6.07) is 19.7. The standard InChI is InChI=1S/C25H25N5O2.2C2HF3O2/c31-25(28-21-7-8-23-20(14-21)16-27-29-23)19-6-9-24(26-15-19)32-22-10-12-30(13-11-22)17-18-4-2-1-3-5-18;2*3-2(4,5)1(6)7/h1-9,14-16,22H,10-13,17H2,(H,27,29)(H,28,31);2*(H,6,7). The molecular formula is C29H27F6N5O6. The zero-order valence-corrected chi connectivity index (χ0v) is 23.7. The highest BCUT2D eigenvalue weighted by atomic mass is 19.4. The van der Waals surface area contributed by atoms with Crippen LogP contribution in [-0.2, 0) is 16.1 Å². The van der Waals surface area contributed by atoms with Crippen molar-refractivity contribution in [2.45, 2.75) is 37.8 Å². The van der Waals surface area contributed by atoms with Crippen LogP contribution in [0.5, 0.6) is 5.88 Å². The highest BCUT2D eigenvalue weighted by Gasteiger charge is 2.38. The van der Waals surface area contributed by atoms with Crippen molar-refractivity contribution in [1.82, 2.24) is 20.1 Å². The average Bonchev–Trinajstić information content (AvgIpc) is 3.47. The Labute approximate surface area is 256 Å². The fourth-order valence-electron chi connectivity index (χ4n) is 4.01. The minimum atomic E-state index is -5.08.